The van der Waals surface area contributed by atoms with Gasteiger partial charge in [-0.05, 0) is 30.3 Å². The minimum Gasteiger partial charge on any atom is -0.504 e. The highest BCUT2D eigenvalue weighted by atomic mass is 16.3. The molecule has 0 saturated carbocycles. The lowest BCUT2D eigenvalue weighted by Gasteiger charge is -2.08. The molecule has 1 heterocycles. The van der Waals surface area contributed by atoms with Gasteiger partial charge in [-0.3, -0.25) is 4.79 Å². The normalized spacial score (nSPS) is 10.8. The van der Waals surface area contributed by atoms with Crippen LogP contribution in [0, 0.1) is 0 Å². The summed E-state index contributed by atoms with van der Waals surface area (Å²) >= 11 is 0. The molecule has 3 rings (SSSR count). The Morgan fingerprint density at radius 2 is 1.65 bits per heavy atom. The lowest BCUT2D eigenvalue weighted by atomic mass is 10.1. The van der Waals surface area contributed by atoms with E-state index >= 15 is 0 Å². The fraction of sp³-hybridized carbons (Fsp3) is 0. The van der Waals surface area contributed by atoms with Crippen molar-refractivity contribution < 1.29 is 15.3 Å². The van der Waals surface area contributed by atoms with Gasteiger partial charge in [-0.15, -0.1) is 0 Å². The molecular weight excluding hydrogens is 258 g/mol. The first-order valence-electron chi connectivity index (χ1n) is 5.94. The lowest BCUT2D eigenvalue weighted by molar-refractivity contribution is 0.404. The van der Waals surface area contributed by atoms with Gasteiger partial charge < -0.3 is 20.3 Å². The molecule has 5 heteroatoms. The van der Waals surface area contributed by atoms with Gasteiger partial charge in [0.05, 0.1) is 5.69 Å². The van der Waals surface area contributed by atoms with Crippen molar-refractivity contribution in [2.45, 2.75) is 0 Å². The number of H-pyrrole nitrogens is 1. The molecule has 5 nitrogen and oxygen atoms in total. The zero-order chi connectivity index (χ0) is 14.3. The maximum atomic E-state index is 12.1. The van der Waals surface area contributed by atoms with Gasteiger partial charge in [-0.25, -0.2) is 0 Å². The maximum absolute atomic E-state index is 12.1. The molecular formula is C15H11NO4. The fourth-order valence-corrected chi connectivity index (χ4v) is 2.11. The first kappa shape index (κ1) is 12.1. The quantitative estimate of drug-likeness (QED) is 0.510. The Morgan fingerprint density at radius 3 is 2.40 bits per heavy atom. The number of phenols is 2. The van der Waals surface area contributed by atoms with Crippen molar-refractivity contribution in [3.05, 3.63) is 52.7 Å². The van der Waals surface area contributed by atoms with Crippen LogP contribution in [0.3, 0.4) is 0 Å². The molecule has 4 N–H and O–H groups in total. The van der Waals surface area contributed by atoms with Crippen molar-refractivity contribution in [3.63, 3.8) is 0 Å². The van der Waals surface area contributed by atoms with E-state index in [1.165, 1.54) is 18.2 Å². The zero-order valence-electron chi connectivity index (χ0n) is 10.3. The van der Waals surface area contributed by atoms with Crippen molar-refractivity contribution in [3.8, 4) is 28.5 Å². The van der Waals surface area contributed by atoms with Gasteiger partial charge >= 0.3 is 0 Å². The van der Waals surface area contributed by atoms with Gasteiger partial charge in [0.2, 0.25) is 5.43 Å². The van der Waals surface area contributed by atoms with Crippen LogP contribution >= 0.6 is 0 Å². The largest absolute Gasteiger partial charge is 0.504 e. The van der Waals surface area contributed by atoms with Crippen molar-refractivity contribution in [1.29, 1.82) is 0 Å². The van der Waals surface area contributed by atoms with Crippen LogP contribution in [0.5, 0.6) is 17.2 Å². The number of aromatic nitrogens is 1. The number of hydrogen-bond donors (Lipinski definition) is 4. The smallest absolute Gasteiger partial charge is 0.231 e. The third-order valence-electron chi connectivity index (χ3n) is 3.15. The maximum Gasteiger partial charge on any atom is 0.231 e. The van der Waals surface area contributed by atoms with Crippen molar-refractivity contribution in [2.75, 3.05) is 0 Å². The highest BCUT2D eigenvalue weighted by molar-refractivity contribution is 5.84. The number of pyridine rings is 1. The molecule has 100 valence electrons. The highest BCUT2D eigenvalue weighted by Crippen LogP contribution is 2.33. The molecule has 0 bridgehead atoms. The molecule has 0 saturated heterocycles. The van der Waals surface area contributed by atoms with Gasteiger partial charge in [0, 0.05) is 16.5 Å². The summed E-state index contributed by atoms with van der Waals surface area (Å²) in [5.41, 5.74) is 0.699. The summed E-state index contributed by atoms with van der Waals surface area (Å²) in [4.78, 5) is 15.0. The number of benzene rings is 2. The minimum absolute atomic E-state index is 0.198. The number of hydrogen-bond acceptors (Lipinski definition) is 4. The van der Waals surface area contributed by atoms with Gasteiger partial charge in [-0.2, -0.15) is 0 Å². The molecule has 0 amide bonds. The standard InChI is InChI=1S/C15H11NO4/c17-11-6-5-8(7-12(11)18)13-15(20)14(19)9-3-1-2-4-10(9)16-13/h1-7,17-18,20H,(H,16,19). The van der Waals surface area contributed by atoms with Crippen LogP contribution in [0.4, 0.5) is 0 Å². The number of fused-ring (bicyclic) bond motifs is 1. The van der Waals surface area contributed by atoms with E-state index in [0.29, 0.717) is 16.5 Å². The molecule has 3 aromatic rings. The van der Waals surface area contributed by atoms with E-state index in [1.807, 2.05) is 0 Å². The van der Waals surface area contributed by atoms with E-state index in [-0.39, 0.29) is 17.2 Å². The molecule has 0 fully saturated rings. The number of phenolic OH excluding ortho intramolecular Hbond substituents is 2. The van der Waals surface area contributed by atoms with E-state index in [0.717, 1.165) is 0 Å². The number of nitrogens with one attached hydrogen (secondary N) is 1. The summed E-state index contributed by atoms with van der Waals surface area (Å²) in [6.07, 6.45) is 0. The Balaban J connectivity index is 2.33. The van der Waals surface area contributed by atoms with Crippen molar-refractivity contribution in [2.24, 2.45) is 0 Å². The van der Waals surface area contributed by atoms with E-state index < -0.39 is 11.2 Å². The van der Waals surface area contributed by atoms with E-state index in [2.05, 4.69) is 4.98 Å². The van der Waals surface area contributed by atoms with Gasteiger partial charge in [0.15, 0.2) is 17.2 Å². The first-order chi connectivity index (χ1) is 9.58. The summed E-state index contributed by atoms with van der Waals surface area (Å²) in [5, 5.41) is 29.2. The van der Waals surface area contributed by atoms with Crippen LogP contribution in [-0.2, 0) is 0 Å². The Kier molecular flexibility index (Phi) is 2.61. The first-order valence-corrected chi connectivity index (χ1v) is 5.94. The van der Waals surface area contributed by atoms with Crippen LogP contribution in [-0.4, -0.2) is 20.3 Å². The van der Waals surface area contributed by atoms with Gasteiger partial charge in [-0.1, -0.05) is 12.1 Å². The molecule has 0 aliphatic rings. The predicted molar refractivity (Wildman–Crippen MR) is 75.0 cm³/mol. The topological polar surface area (TPSA) is 93.6 Å². The third-order valence-corrected chi connectivity index (χ3v) is 3.15. The average molecular weight is 269 g/mol. The second kappa shape index (κ2) is 4.31. The van der Waals surface area contributed by atoms with Crippen LogP contribution in [0.2, 0.25) is 0 Å². The summed E-state index contributed by atoms with van der Waals surface area (Å²) in [7, 11) is 0. The molecule has 0 aliphatic heterocycles. The summed E-state index contributed by atoms with van der Waals surface area (Å²) in [5.74, 6) is -1.01. The minimum atomic E-state index is -0.484. The molecule has 1 aromatic heterocycles. The molecule has 20 heavy (non-hydrogen) atoms. The Hall–Kier alpha value is -2.95. The lowest BCUT2D eigenvalue weighted by Crippen LogP contribution is -2.04. The van der Waals surface area contributed by atoms with Crippen LogP contribution < -0.4 is 5.43 Å². The average Bonchev–Trinajstić information content (AvgIpc) is 2.46. The highest BCUT2D eigenvalue weighted by Gasteiger charge is 2.13. The second-order valence-corrected chi connectivity index (χ2v) is 4.43. The summed E-state index contributed by atoms with van der Waals surface area (Å²) in [6.45, 7) is 0. The molecule has 0 spiro atoms. The number of rotatable bonds is 1. The number of aromatic hydroxyl groups is 3. The second-order valence-electron chi connectivity index (χ2n) is 4.43. The summed E-state index contributed by atoms with van der Waals surface area (Å²) < 4.78 is 0. The Bertz CT molecular complexity index is 867. The zero-order valence-corrected chi connectivity index (χ0v) is 10.3. The Morgan fingerprint density at radius 1 is 0.900 bits per heavy atom. The molecule has 2 aromatic carbocycles. The number of para-hydroxylation sites is 1. The SMILES string of the molecule is O=c1c(O)c(-c2ccc(O)c(O)c2)[nH]c2ccccc12. The molecule has 0 aliphatic carbocycles. The van der Waals surface area contributed by atoms with Gasteiger partial charge in [0.1, 0.15) is 0 Å². The summed E-state index contributed by atoms with van der Waals surface area (Å²) in [6, 6.07) is 10.9. The van der Waals surface area contributed by atoms with Crippen molar-refractivity contribution in [1.82, 2.24) is 4.98 Å². The fourth-order valence-electron chi connectivity index (χ4n) is 2.11. The van der Waals surface area contributed by atoms with E-state index in [4.69, 9.17) is 0 Å². The number of aromatic amines is 1. The van der Waals surface area contributed by atoms with E-state index in [9.17, 15) is 20.1 Å². The molecule has 0 unspecified atom stereocenters. The Labute approximate surface area is 113 Å². The molecule has 0 atom stereocenters. The van der Waals surface area contributed by atoms with Crippen LogP contribution in [0.1, 0.15) is 0 Å². The van der Waals surface area contributed by atoms with Gasteiger partial charge in [0.25, 0.3) is 0 Å². The van der Waals surface area contributed by atoms with Crippen LogP contribution in [0.15, 0.2) is 47.3 Å². The van der Waals surface area contributed by atoms with Crippen molar-refractivity contribution >= 4 is 10.9 Å². The third kappa shape index (κ3) is 1.76. The monoisotopic (exact) mass is 269 g/mol. The van der Waals surface area contributed by atoms with Crippen LogP contribution in [0.25, 0.3) is 22.2 Å². The van der Waals surface area contributed by atoms with E-state index in [1.54, 1.807) is 24.3 Å². The molecule has 0 radical (unpaired) electrons. The predicted octanol–water partition coefficient (Wildman–Crippen LogP) is 2.31.